The summed E-state index contributed by atoms with van der Waals surface area (Å²) < 4.78 is 5.23. The zero-order valence-corrected chi connectivity index (χ0v) is 15.5. The van der Waals surface area contributed by atoms with Crippen LogP contribution in [-0.4, -0.2) is 17.1 Å². The lowest BCUT2D eigenvalue weighted by Crippen LogP contribution is -2.15. The summed E-state index contributed by atoms with van der Waals surface area (Å²) in [6.07, 6.45) is 0. The molecule has 0 unspecified atom stereocenters. The van der Waals surface area contributed by atoms with Crippen LogP contribution < -0.4 is 4.74 Å². The number of fused-ring (bicyclic) bond motifs is 1. The molecule has 0 saturated carbocycles. The average Bonchev–Trinajstić information content (AvgIpc) is 2.84. The van der Waals surface area contributed by atoms with Gasteiger partial charge in [0.25, 0.3) is 0 Å². The monoisotopic (exact) mass is 346 g/mol. The highest BCUT2D eigenvalue weighted by Crippen LogP contribution is 2.40. The van der Waals surface area contributed by atoms with E-state index in [9.17, 15) is 0 Å². The van der Waals surface area contributed by atoms with E-state index in [0.717, 1.165) is 32.9 Å². The lowest BCUT2D eigenvalue weighted by Gasteiger charge is -2.16. The van der Waals surface area contributed by atoms with E-state index in [-0.39, 0.29) is 5.41 Å². The summed E-state index contributed by atoms with van der Waals surface area (Å²) in [6.45, 7) is 8.35. The number of benzene rings is 1. The van der Waals surface area contributed by atoms with E-state index in [2.05, 4.69) is 44.8 Å². The molecule has 3 aromatic rings. The van der Waals surface area contributed by atoms with Gasteiger partial charge in [0.05, 0.1) is 12.5 Å². The Labute approximate surface area is 145 Å². The normalized spacial score (nSPS) is 11.9. The van der Waals surface area contributed by atoms with Crippen LogP contribution in [0.5, 0.6) is 5.75 Å². The molecule has 0 aliphatic rings. The molecule has 1 aromatic carbocycles. The van der Waals surface area contributed by atoms with Crippen molar-refractivity contribution in [3.05, 3.63) is 40.8 Å². The van der Waals surface area contributed by atoms with E-state index in [1.807, 2.05) is 12.1 Å². The van der Waals surface area contributed by atoms with Crippen molar-refractivity contribution in [3.63, 3.8) is 0 Å². The third kappa shape index (κ3) is 2.93. The molecular weight excluding hydrogens is 328 g/mol. The van der Waals surface area contributed by atoms with Gasteiger partial charge in [-0.1, -0.05) is 32.4 Å². The van der Waals surface area contributed by atoms with Crippen molar-refractivity contribution in [2.45, 2.75) is 33.1 Å². The average molecular weight is 347 g/mol. The molecule has 0 spiro atoms. The summed E-state index contributed by atoms with van der Waals surface area (Å²) in [5.41, 5.74) is 2.14. The Kier molecular flexibility index (Phi) is 4.07. The number of halogens is 1. The zero-order chi connectivity index (χ0) is 16.8. The van der Waals surface area contributed by atoms with E-state index in [4.69, 9.17) is 21.3 Å². The van der Waals surface area contributed by atoms with E-state index < -0.39 is 0 Å². The molecule has 0 aliphatic heterocycles. The second kappa shape index (κ2) is 5.77. The number of hydrogen-bond donors (Lipinski definition) is 0. The van der Waals surface area contributed by atoms with E-state index in [1.54, 1.807) is 18.4 Å². The predicted octanol–water partition coefficient (Wildman–Crippen LogP) is 5.63. The summed E-state index contributed by atoms with van der Waals surface area (Å²) >= 11 is 8.12. The van der Waals surface area contributed by atoms with Gasteiger partial charge in [-0.15, -0.1) is 11.3 Å². The summed E-state index contributed by atoms with van der Waals surface area (Å²) in [4.78, 5) is 11.4. The highest BCUT2D eigenvalue weighted by molar-refractivity contribution is 7.22. The van der Waals surface area contributed by atoms with Crippen molar-refractivity contribution >= 4 is 33.2 Å². The molecule has 5 heteroatoms. The molecule has 0 radical (unpaired) electrons. The van der Waals surface area contributed by atoms with Gasteiger partial charge in [-0.2, -0.15) is 0 Å². The highest BCUT2D eigenvalue weighted by Gasteiger charge is 2.22. The molecule has 2 heterocycles. The van der Waals surface area contributed by atoms with E-state index in [0.29, 0.717) is 5.15 Å². The minimum absolute atomic E-state index is 0.129. The van der Waals surface area contributed by atoms with Gasteiger partial charge in [0, 0.05) is 10.3 Å². The summed E-state index contributed by atoms with van der Waals surface area (Å²) in [7, 11) is 1.67. The van der Waals surface area contributed by atoms with Crippen molar-refractivity contribution in [1.82, 2.24) is 9.97 Å². The number of thiophene rings is 1. The number of rotatable bonds is 2. The summed E-state index contributed by atoms with van der Waals surface area (Å²) in [6, 6.07) is 8.05. The minimum Gasteiger partial charge on any atom is -0.497 e. The first-order chi connectivity index (χ1) is 10.8. The quantitative estimate of drug-likeness (QED) is 0.564. The fourth-order valence-corrected chi connectivity index (χ4v) is 4.00. The van der Waals surface area contributed by atoms with Crippen LogP contribution in [0.3, 0.4) is 0 Å². The minimum atomic E-state index is -0.129. The van der Waals surface area contributed by atoms with Gasteiger partial charge < -0.3 is 4.74 Å². The lowest BCUT2D eigenvalue weighted by molar-refractivity contribution is 0.415. The maximum atomic E-state index is 6.46. The van der Waals surface area contributed by atoms with Crippen LogP contribution in [0, 0.1) is 6.92 Å². The molecule has 120 valence electrons. The smallest absolute Gasteiger partial charge is 0.141 e. The highest BCUT2D eigenvalue weighted by atomic mass is 35.5. The largest absolute Gasteiger partial charge is 0.497 e. The fourth-order valence-electron chi connectivity index (χ4n) is 2.44. The van der Waals surface area contributed by atoms with Crippen molar-refractivity contribution in [1.29, 1.82) is 0 Å². The van der Waals surface area contributed by atoms with Gasteiger partial charge in [-0.25, -0.2) is 9.97 Å². The molecule has 23 heavy (non-hydrogen) atoms. The molecule has 0 bridgehead atoms. The van der Waals surface area contributed by atoms with Crippen molar-refractivity contribution < 1.29 is 4.74 Å². The first-order valence-corrected chi connectivity index (χ1v) is 8.62. The number of methoxy groups -OCH3 is 1. The molecule has 0 saturated heterocycles. The molecule has 0 amide bonds. The van der Waals surface area contributed by atoms with Gasteiger partial charge in [-0.05, 0) is 42.3 Å². The standard InChI is InChI=1S/C18H19ClN2OS/c1-10-13-15(19)20-17(18(2,3)4)21-16(13)23-14(10)11-6-8-12(22-5)9-7-11/h6-9H,1-5H3. The molecular formula is C18H19ClN2OS. The van der Waals surface area contributed by atoms with Crippen molar-refractivity contribution in [3.8, 4) is 16.2 Å². The van der Waals surface area contributed by atoms with E-state index in [1.165, 1.54) is 4.88 Å². The van der Waals surface area contributed by atoms with Gasteiger partial charge in [0.2, 0.25) is 0 Å². The number of ether oxygens (including phenoxy) is 1. The Morgan fingerprint density at radius 3 is 2.30 bits per heavy atom. The molecule has 0 aliphatic carbocycles. The fraction of sp³-hybridized carbons (Fsp3) is 0.333. The van der Waals surface area contributed by atoms with Crippen molar-refractivity contribution in [2.24, 2.45) is 0 Å². The molecule has 3 rings (SSSR count). The lowest BCUT2D eigenvalue weighted by atomic mass is 9.96. The van der Waals surface area contributed by atoms with Gasteiger partial charge >= 0.3 is 0 Å². The predicted molar refractivity (Wildman–Crippen MR) is 97.9 cm³/mol. The van der Waals surface area contributed by atoms with Crippen LogP contribution in [-0.2, 0) is 5.41 Å². The van der Waals surface area contributed by atoms with Gasteiger partial charge in [0.15, 0.2) is 0 Å². The number of aromatic nitrogens is 2. The third-order valence-corrected chi connectivity index (χ3v) is 5.28. The third-order valence-electron chi connectivity index (χ3n) is 3.77. The number of nitrogens with zero attached hydrogens (tertiary/aromatic N) is 2. The Bertz CT molecular complexity index is 863. The van der Waals surface area contributed by atoms with Crippen LogP contribution >= 0.6 is 22.9 Å². The Hall–Kier alpha value is -1.65. The first kappa shape index (κ1) is 16.2. The van der Waals surface area contributed by atoms with Crippen LogP contribution in [0.25, 0.3) is 20.7 Å². The summed E-state index contributed by atoms with van der Waals surface area (Å²) in [5, 5.41) is 1.49. The zero-order valence-electron chi connectivity index (χ0n) is 13.9. The van der Waals surface area contributed by atoms with Crippen LogP contribution in [0.2, 0.25) is 5.15 Å². The molecule has 0 fully saturated rings. The van der Waals surface area contributed by atoms with Gasteiger partial charge in [0.1, 0.15) is 21.6 Å². The van der Waals surface area contributed by atoms with Crippen LogP contribution in [0.15, 0.2) is 24.3 Å². The number of aryl methyl sites for hydroxylation is 1. The second-order valence-electron chi connectivity index (χ2n) is 6.55. The number of hydrogen-bond acceptors (Lipinski definition) is 4. The maximum absolute atomic E-state index is 6.46. The molecule has 0 N–H and O–H groups in total. The van der Waals surface area contributed by atoms with Gasteiger partial charge in [-0.3, -0.25) is 0 Å². The Morgan fingerprint density at radius 1 is 1.09 bits per heavy atom. The molecule has 2 aromatic heterocycles. The van der Waals surface area contributed by atoms with E-state index >= 15 is 0 Å². The Morgan fingerprint density at radius 2 is 1.74 bits per heavy atom. The molecule has 3 nitrogen and oxygen atoms in total. The second-order valence-corrected chi connectivity index (χ2v) is 7.91. The van der Waals surface area contributed by atoms with Crippen LogP contribution in [0.1, 0.15) is 32.2 Å². The SMILES string of the molecule is COc1ccc(-c2sc3nc(C(C)(C)C)nc(Cl)c3c2C)cc1. The molecule has 0 atom stereocenters. The van der Waals surface area contributed by atoms with Crippen LogP contribution in [0.4, 0.5) is 0 Å². The Balaban J connectivity index is 2.19. The van der Waals surface area contributed by atoms with Crippen molar-refractivity contribution in [2.75, 3.05) is 7.11 Å². The maximum Gasteiger partial charge on any atom is 0.141 e. The first-order valence-electron chi connectivity index (χ1n) is 7.43. The summed E-state index contributed by atoms with van der Waals surface area (Å²) in [5.74, 6) is 1.62. The topological polar surface area (TPSA) is 35.0 Å².